The molecule has 10 aromatic rings. The van der Waals surface area contributed by atoms with Gasteiger partial charge in [0.2, 0.25) is 0 Å². The molecule has 0 heterocycles. The van der Waals surface area contributed by atoms with E-state index in [1.165, 1.54) is 98.4 Å². The minimum Gasteiger partial charge on any atom is -0.0616 e. The number of benzene rings is 10. The van der Waals surface area contributed by atoms with Crippen LogP contribution in [0.25, 0.3) is 98.4 Å². The third-order valence-electron chi connectivity index (χ3n) is 10.4. The summed E-state index contributed by atoms with van der Waals surface area (Å²) in [5, 5.41) is 12.6. The average molecular weight is 633 g/mol. The lowest BCUT2D eigenvalue weighted by atomic mass is 9.84. The third-order valence-corrected chi connectivity index (χ3v) is 10.4. The van der Waals surface area contributed by atoms with Crippen molar-refractivity contribution in [1.82, 2.24) is 0 Å². The first-order valence-electron chi connectivity index (χ1n) is 17.3. The lowest BCUT2D eigenvalue weighted by molar-refractivity contribution is 1.61. The van der Waals surface area contributed by atoms with Gasteiger partial charge in [0, 0.05) is 0 Å². The van der Waals surface area contributed by atoms with Crippen LogP contribution in [0.2, 0.25) is 0 Å². The van der Waals surface area contributed by atoms with E-state index in [4.69, 9.17) is 0 Å². The molecular weight excluding hydrogens is 601 g/mol. The maximum absolute atomic E-state index is 2.43. The first-order chi connectivity index (χ1) is 24.8. The molecule has 10 aromatic carbocycles. The van der Waals surface area contributed by atoms with Gasteiger partial charge in [-0.25, -0.2) is 0 Å². The minimum absolute atomic E-state index is 1.20. The smallest absolute Gasteiger partial charge is 0.00201 e. The summed E-state index contributed by atoms with van der Waals surface area (Å²) in [6.45, 7) is 0. The molecule has 0 aliphatic rings. The molecule has 0 aromatic heterocycles. The van der Waals surface area contributed by atoms with Crippen molar-refractivity contribution >= 4 is 53.9 Å². The Bertz CT molecular complexity index is 2900. The number of hydrogen-bond donors (Lipinski definition) is 0. The van der Waals surface area contributed by atoms with Gasteiger partial charge in [-0.15, -0.1) is 0 Å². The van der Waals surface area contributed by atoms with Gasteiger partial charge in [-0.2, -0.15) is 0 Å². The zero-order chi connectivity index (χ0) is 33.0. The normalized spacial score (nSPS) is 11.6. The maximum Gasteiger partial charge on any atom is -0.00201 e. The van der Waals surface area contributed by atoms with E-state index in [-0.39, 0.29) is 0 Å². The van der Waals surface area contributed by atoms with Crippen molar-refractivity contribution in [3.8, 4) is 44.5 Å². The van der Waals surface area contributed by atoms with Gasteiger partial charge in [0.1, 0.15) is 0 Å². The van der Waals surface area contributed by atoms with Crippen molar-refractivity contribution in [2.24, 2.45) is 0 Å². The van der Waals surface area contributed by atoms with E-state index in [1.54, 1.807) is 0 Å². The number of hydrogen-bond acceptors (Lipinski definition) is 0. The molecule has 10 rings (SSSR count). The van der Waals surface area contributed by atoms with Crippen molar-refractivity contribution in [3.63, 3.8) is 0 Å². The fraction of sp³-hybridized carbons (Fsp3) is 0. The lowest BCUT2D eigenvalue weighted by Crippen LogP contribution is -1.92. The molecule has 0 fully saturated rings. The Labute approximate surface area is 291 Å². The highest BCUT2D eigenvalue weighted by atomic mass is 14.2. The molecule has 232 valence electrons. The zero-order valence-corrected chi connectivity index (χ0v) is 27.5. The van der Waals surface area contributed by atoms with Gasteiger partial charge in [-0.3, -0.25) is 0 Å². The summed E-state index contributed by atoms with van der Waals surface area (Å²) < 4.78 is 0. The van der Waals surface area contributed by atoms with Crippen molar-refractivity contribution in [1.29, 1.82) is 0 Å². The molecule has 50 heavy (non-hydrogen) atoms. The summed E-state index contributed by atoms with van der Waals surface area (Å²) in [6.07, 6.45) is 0. The van der Waals surface area contributed by atoms with Gasteiger partial charge in [-0.1, -0.05) is 170 Å². The zero-order valence-electron chi connectivity index (χ0n) is 27.5. The van der Waals surface area contributed by atoms with E-state index in [1.807, 2.05) is 0 Å². The van der Waals surface area contributed by atoms with Crippen molar-refractivity contribution in [3.05, 3.63) is 194 Å². The summed E-state index contributed by atoms with van der Waals surface area (Å²) in [5.74, 6) is 0. The Kier molecular flexibility index (Phi) is 6.60. The predicted octanol–water partition coefficient (Wildman–Crippen LogP) is 14.1. The first kappa shape index (κ1) is 28.5. The number of fused-ring (bicyclic) bond motifs is 5. The minimum atomic E-state index is 1.20. The van der Waals surface area contributed by atoms with Crippen LogP contribution in [0.5, 0.6) is 0 Å². The Hall–Kier alpha value is -6.50. The van der Waals surface area contributed by atoms with Crippen LogP contribution in [0, 0.1) is 0 Å². The Morgan fingerprint density at radius 2 is 0.720 bits per heavy atom. The van der Waals surface area contributed by atoms with Crippen molar-refractivity contribution in [2.75, 3.05) is 0 Å². The fourth-order valence-electron chi connectivity index (χ4n) is 7.97. The van der Waals surface area contributed by atoms with Crippen LogP contribution in [0.1, 0.15) is 0 Å². The molecule has 0 aliphatic heterocycles. The van der Waals surface area contributed by atoms with Crippen LogP contribution < -0.4 is 0 Å². The van der Waals surface area contributed by atoms with Crippen LogP contribution in [-0.2, 0) is 0 Å². The van der Waals surface area contributed by atoms with Crippen LogP contribution >= 0.6 is 0 Å². The van der Waals surface area contributed by atoms with Crippen LogP contribution in [-0.4, -0.2) is 0 Å². The summed E-state index contributed by atoms with van der Waals surface area (Å²) in [6, 6.07) is 71.5. The molecule has 0 bridgehead atoms. The van der Waals surface area contributed by atoms with Crippen LogP contribution in [0.4, 0.5) is 0 Å². The quantitative estimate of drug-likeness (QED) is 0.169. The van der Waals surface area contributed by atoms with E-state index in [0.29, 0.717) is 0 Å². The maximum atomic E-state index is 2.43. The first-order valence-corrected chi connectivity index (χ1v) is 17.3. The van der Waals surface area contributed by atoms with Gasteiger partial charge in [0.25, 0.3) is 0 Å². The molecule has 0 saturated carbocycles. The monoisotopic (exact) mass is 632 g/mol. The Morgan fingerprint density at radius 1 is 0.200 bits per heavy atom. The largest absolute Gasteiger partial charge is 0.0616 e. The molecule has 0 radical (unpaired) electrons. The molecule has 0 heteroatoms. The number of rotatable bonds is 4. The van der Waals surface area contributed by atoms with Gasteiger partial charge >= 0.3 is 0 Å². The van der Waals surface area contributed by atoms with E-state index in [0.717, 1.165) is 0 Å². The Balaban J connectivity index is 1.27. The lowest BCUT2D eigenvalue weighted by Gasteiger charge is -2.19. The highest BCUT2D eigenvalue weighted by Crippen LogP contribution is 2.45. The van der Waals surface area contributed by atoms with Crippen molar-refractivity contribution < 1.29 is 0 Å². The standard InChI is InChI=1S/C50H32/c1-2-14-38-29-39(28-27-33(38)11-1)34-23-25-35(26-24-34)41-31-47(45-21-9-16-36-12-3-6-18-42(36)45)48-30-40-15-5-8-20-44(40)50(49(48)32-41)46-22-10-17-37-13-4-7-19-43(37)46/h1-32H. The molecule has 0 aliphatic carbocycles. The molecule has 0 N–H and O–H groups in total. The second kappa shape index (κ2) is 11.6. The van der Waals surface area contributed by atoms with Gasteiger partial charge in [0.05, 0.1) is 0 Å². The van der Waals surface area contributed by atoms with Crippen LogP contribution in [0.15, 0.2) is 194 Å². The van der Waals surface area contributed by atoms with E-state index in [9.17, 15) is 0 Å². The van der Waals surface area contributed by atoms with E-state index < -0.39 is 0 Å². The second-order valence-electron chi connectivity index (χ2n) is 13.3. The van der Waals surface area contributed by atoms with Crippen molar-refractivity contribution in [2.45, 2.75) is 0 Å². The molecule has 0 saturated heterocycles. The molecular formula is C50H32. The topological polar surface area (TPSA) is 0 Å². The molecule has 0 amide bonds. The fourth-order valence-corrected chi connectivity index (χ4v) is 7.97. The average Bonchev–Trinajstić information content (AvgIpc) is 3.19. The summed E-state index contributed by atoms with van der Waals surface area (Å²) >= 11 is 0. The summed E-state index contributed by atoms with van der Waals surface area (Å²) in [7, 11) is 0. The van der Waals surface area contributed by atoms with Gasteiger partial charge < -0.3 is 0 Å². The SMILES string of the molecule is c1ccc2cc(-c3ccc(-c4cc(-c5cccc6ccccc56)c5cc6ccccc6c(-c6cccc7ccccc67)c5c4)cc3)ccc2c1. The van der Waals surface area contributed by atoms with Gasteiger partial charge in [-0.05, 0) is 123 Å². The van der Waals surface area contributed by atoms with E-state index in [2.05, 4.69) is 194 Å². The molecule has 0 unspecified atom stereocenters. The van der Waals surface area contributed by atoms with Gasteiger partial charge in [0.15, 0.2) is 0 Å². The summed E-state index contributed by atoms with van der Waals surface area (Å²) in [5.41, 5.74) is 9.91. The predicted molar refractivity (Wildman–Crippen MR) is 216 cm³/mol. The Morgan fingerprint density at radius 3 is 1.44 bits per heavy atom. The molecule has 0 spiro atoms. The molecule has 0 atom stereocenters. The highest BCUT2D eigenvalue weighted by Gasteiger charge is 2.18. The van der Waals surface area contributed by atoms with E-state index >= 15 is 0 Å². The third kappa shape index (κ3) is 4.69. The molecule has 0 nitrogen and oxygen atoms in total. The second-order valence-corrected chi connectivity index (χ2v) is 13.3. The highest BCUT2D eigenvalue weighted by molar-refractivity contribution is 6.21. The van der Waals surface area contributed by atoms with Crippen LogP contribution in [0.3, 0.4) is 0 Å². The summed E-state index contributed by atoms with van der Waals surface area (Å²) in [4.78, 5) is 0.